The van der Waals surface area contributed by atoms with Gasteiger partial charge in [0.05, 0.1) is 6.04 Å². The first kappa shape index (κ1) is 22.3. The summed E-state index contributed by atoms with van der Waals surface area (Å²) in [5.74, 6) is 0. The van der Waals surface area contributed by atoms with E-state index < -0.39 is 0 Å². The summed E-state index contributed by atoms with van der Waals surface area (Å²) in [7, 11) is 0. The van der Waals surface area contributed by atoms with Gasteiger partial charge in [-0.15, -0.1) is 0 Å². The van der Waals surface area contributed by atoms with Crippen molar-refractivity contribution < 1.29 is 0 Å². The lowest BCUT2D eigenvalue weighted by Crippen LogP contribution is -2.47. The highest BCUT2D eigenvalue weighted by molar-refractivity contribution is 5.63. The van der Waals surface area contributed by atoms with Gasteiger partial charge in [0, 0.05) is 32.7 Å². The third kappa shape index (κ3) is 5.53. The molecular weight excluding hydrogens is 412 g/mol. The molecule has 2 nitrogen and oxygen atoms in total. The Labute approximate surface area is 203 Å². The fourth-order valence-corrected chi connectivity index (χ4v) is 4.84. The lowest BCUT2D eigenvalue weighted by molar-refractivity contribution is 0.118. The Hall–Kier alpha value is -3.46. The second kappa shape index (κ2) is 11.1. The van der Waals surface area contributed by atoms with Crippen molar-refractivity contribution >= 4 is 6.08 Å². The summed E-state index contributed by atoms with van der Waals surface area (Å²) in [4.78, 5) is 5.20. The molecule has 34 heavy (non-hydrogen) atoms. The molecule has 4 aromatic carbocycles. The van der Waals surface area contributed by atoms with Gasteiger partial charge < -0.3 is 0 Å². The van der Waals surface area contributed by atoms with Crippen molar-refractivity contribution in [2.75, 3.05) is 32.7 Å². The molecule has 0 saturated carbocycles. The van der Waals surface area contributed by atoms with E-state index in [4.69, 9.17) is 0 Å². The number of piperazine rings is 1. The first-order valence-electron chi connectivity index (χ1n) is 12.3. The number of hydrogen-bond acceptors (Lipinski definition) is 2. The van der Waals surface area contributed by atoms with Crippen LogP contribution in [0, 0.1) is 0 Å². The molecule has 0 bridgehead atoms. The second-order valence-electron chi connectivity index (χ2n) is 8.95. The molecule has 170 valence electrons. The zero-order chi connectivity index (χ0) is 23.0. The first-order valence-corrected chi connectivity index (χ1v) is 12.3. The van der Waals surface area contributed by atoms with Crippen LogP contribution in [0.15, 0.2) is 121 Å². The van der Waals surface area contributed by atoms with E-state index in [2.05, 4.69) is 137 Å². The smallest absolute Gasteiger partial charge is 0.0602 e. The zero-order valence-corrected chi connectivity index (χ0v) is 19.6. The van der Waals surface area contributed by atoms with E-state index in [1.807, 2.05) is 0 Å². The summed E-state index contributed by atoms with van der Waals surface area (Å²) < 4.78 is 0. The van der Waals surface area contributed by atoms with Crippen molar-refractivity contribution in [3.63, 3.8) is 0 Å². The van der Waals surface area contributed by atoms with Crippen LogP contribution in [0.5, 0.6) is 0 Å². The van der Waals surface area contributed by atoms with Crippen molar-refractivity contribution in [1.29, 1.82) is 0 Å². The number of hydrogen-bond donors (Lipinski definition) is 0. The largest absolute Gasteiger partial charge is 0.297 e. The molecule has 0 unspecified atom stereocenters. The maximum atomic E-state index is 2.64. The van der Waals surface area contributed by atoms with E-state index in [1.165, 1.54) is 27.8 Å². The number of rotatable bonds is 7. The molecule has 5 rings (SSSR count). The van der Waals surface area contributed by atoms with E-state index in [-0.39, 0.29) is 6.04 Å². The topological polar surface area (TPSA) is 6.48 Å². The fourth-order valence-electron chi connectivity index (χ4n) is 4.84. The normalized spacial score (nSPS) is 16.0. The zero-order valence-electron chi connectivity index (χ0n) is 19.6. The maximum absolute atomic E-state index is 2.64. The van der Waals surface area contributed by atoms with Gasteiger partial charge in [-0.05, 0) is 27.8 Å². The van der Waals surface area contributed by atoms with E-state index in [0.717, 1.165) is 32.7 Å². The maximum Gasteiger partial charge on any atom is 0.0602 e. The predicted molar refractivity (Wildman–Crippen MR) is 144 cm³/mol. The molecular formula is C32H32N2. The van der Waals surface area contributed by atoms with Crippen molar-refractivity contribution in [2.45, 2.75) is 6.04 Å². The third-order valence-electron chi connectivity index (χ3n) is 6.69. The Kier molecular flexibility index (Phi) is 7.30. The van der Waals surface area contributed by atoms with Crippen LogP contribution in [-0.2, 0) is 0 Å². The van der Waals surface area contributed by atoms with Crippen LogP contribution >= 0.6 is 0 Å². The highest BCUT2D eigenvalue weighted by Crippen LogP contribution is 2.31. The van der Waals surface area contributed by atoms with Crippen molar-refractivity contribution in [3.05, 3.63) is 138 Å². The summed E-state index contributed by atoms with van der Waals surface area (Å²) in [5, 5.41) is 0. The van der Waals surface area contributed by atoms with Crippen molar-refractivity contribution in [3.8, 4) is 11.1 Å². The molecule has 0 amide bonds. The van der Waals surface area contributed by atoms with Gasteiger partial charge in [0.15, 0.2) is 0 Å². The van der Waals surface area contributed by atoms with Gasteiger partial charge in [-0.2, -0.15) is 0 Å². The molecule has 4 aromatic rings. The van der Waals surface area contributed by atoms with Crippen LogP contribution in [-0.4, -0.2) is 42.5 Å². The molecule has 0 spiro atoms. The average molecular weight is 445 g/mol. The Morgan fingerprint density at radius 3 is 1.74 bits per heavy atom. The van der Waals surface area contributed by atoms with Gasteiger partial charge in [-0.25, -0.2) is 0 Å². The minimum atomic E-state index is 0.285. The van der Waals surface area contributed by atoms with Crippen molar-refractivity contribution in [1.82, 2.24) is 9.80 Å². The quantitative estimate of drug-likeness (QED) is 0.310. The van der Waals surface area contributed by atoms with E-state index in [0.29, 0.717) is 0 Å². The molecule has 1 saturated heterocycles. The average Bonchev–Trinajstić information content (AvgIpc) is 2.92. The molecule has 1 aliphatic rings. The van der Waals surface area contributed by atoms with E-state index >= 15 is 0 Å². The van der Waals surface area contributed by atoms with Gasteiger partial charge in [0.1, 0.15) is 0 Å². The number of benzene rings is 4. The molecule has 1 aliphatic heterocycles. The highest BCUT2D eigenvalue weighted by atomic mass is 15.3. The van der Waals surface area contributed by atoms with Crippen LogP contribution in [0.4, 0.5) is 0 Å². The molecule has 1 heterocycles. The molecule has 2 heteroatoms. The summed E-state index contributed by atoms with van der Waals surface area (Å²) in [5.41, 5.74) is 6.54. The van der Waals surface area contributed by atoms with Gasteiger partial charge >= 0.3 is 0 Å². The minimum absolute atomic E-state index is 0.285. The Morgan fingerprint density at radius 2 is 1.09 bits per heavy atom. The monoisotopic (exact) mass is 444 g/mol. The molecule has 0 N–H and O–H groups in total. The fraction of sp³-hybridized carbons (Fsp3) is 0.188. The standard InChI is InChI=1S/C32H32N2/c1-4-11-27(12-5-1)13-10-22-33-23-25-34(26-24-33)32(30-16-8-3-9-17-30)31-20-18-29(19-21-31)28-14-6-2-7-15-28/h1-21,32H,22-26H2/b13-10+/t32-/m1/s1. The van der Waals surface area contributed by atoms with Gasteiger partial charge in [0.25, 0.3) is 0 Å². The highest BCUT2D eigenvalue weighted by Gasteiger charge is 2.26. The molecule has 1 atom stereocenters. The Morgan fingerprint density at radius 1 is 0.559 bits per heavy atom. The summed E-state index contributed by atoms with van der Waals surface area (Å²) in [6, 6.07) is 41.6. The first-order chi connectivity index (χ1) is 16.9. The minimum Gasteiger partial charge on any atom is -0.297 e. The summed E-state index contributed by atoms with van der Waals surface area (Å²) in [6.07, 6.45) is 4.52. The van der Waals surface area contributed by atoms with Crippen LogP contribution in [0.25, 0.3) is 17.2 Å². The molecule has 1 fully saturated rings. The summed E-state index contributed by atoms with van der Waals surface area (Å²) in [6.45, 7) is 5.32. The molecule has 0 aromatic heterocycles. The number of nitrogens with zero attached hydrogens (tertiary/aromatic N) is 2. The lowest BCUT2D eigenvalue weighted by Gasteiger charge is -2.39. The van der Waals surface area contributed by atoms with Gasteiger partial charge in [0.2, 0.25) is 0 Å². The third-order valence-corrected chi connectivity index (χ3v) is 6.69. The Balaban J connectivity index is 1.28. The predicted octanol–water partition coefficient (Wildman–Crippen LogP) is 6.77. The van der Waals surface area contributed by atoms with Crippen LogP contribution in [0.1, 0.15) is 22.7 Å². The molecule has 0 aliphatic carbocycles. The lowest BCUT2D eigenvalue weighted by atomic mass is 9.94. The molecule has 0 radical (unpaired) electrons. The van der Waals surface area contributed by atoms with Gasteiger partial charge in [-0.3, -0.25) is 9.80 Å². The second-order valence-corrected chi connectivity index (χ2v) is 8.95. The van der Waals surface area contributed by atoms with E-state index in [9.17, 15) is 0 Å². The summed E-state index contributed by atoms with van der Waals surface area (Å²) >= 11 is 0. The van der Waals surface area contributed by atoms with Crippen molar-refractivity contribution in [2.24, 2.45) is 0 Å². The van der Waals surface area contributed by atoms with Crippen LogP contribution in [0.3, 0.4) is 0 Å². The van der Waals surface area contributed by atoms with Crippen LogP contribution < -0.4 is 0 Å². The van der Waals surface area contributed by atoms with Crippen LogP contribution in [0.2, 0.25) is 0 Å². The van der Waals surface area contributed by atoms with Gasteiger partial charge in [-0.1, -0.05) is 127 Å². The SMILES string of the molecule is C(=C\c1ccccc1)/CN1CCN([C@H](c2ccccc2)c2ccc(-c3ccccc3)cc2)CC1. The Bertz CT molecular complexity index is 1160. The van der Waals surface area contributed by atoms with E-state index in [1.54, 1.807) is 0 Å².